The van der Waals surface area contributed by atoms with Crippen LogP contribution in [0.2, 0.25) is 0 Å². The van der Waals surface area contributed by atoms with Gasteiger partial charge in [0.15, 0.2) is 5.54 Å². The monoisotopic (exact) mass is 422 g/mol. The van der Waals surface area contributed by atoms with E-state index in [1.165, 1.54) is 81.9 Å². The number of nitrogens with zero attached hydrogens (tertiary/aromatic N) is 2. The average molecular weight is 423 g/mol. The molecule has 1 heterocycles. The quantitative estimate of drug-likeness (QED) is 0.207. The molecule has 30 heavy (non-hydrogen) atoms. The molecule has 0 spiro atoms. The standard InChI is InChI=1S/C24H42N2O4/c1-2-3-4-5-6-7-8-9-10-11-12-13-14-15-16-17-24(23(29)30,20-22(27)28)26-19-18-25-21-26/h16-17,21H,2-15,18-20H2,1H3,(H,27,28)(H,29,30). The molecular formula is C24H42N2O4. The van der Waals surface area contributed by atoms with Crippen LogP contribution in [0.4, 0.5) is 0 Å². The lowest BCUT2D eigenvalue weighted by Crippen LogP contribution is -2.53. The van der Waals surface area contributed by atoms with Gasteiger partial charge in [0.05, 0.1) is 19.3 Å². The van der Waals surface area contributed by atoms with E-state index in [1.807, 2.05) is 6.08 Å². The third-order valence-corrected chi connectivity index (χ3v) is 5.86. The Morgan fingerprint density at radius 3 is 1.90 bits per heavy atom. The highest BCUT2D eigenvalue weighted by Crippen LogP contribution is 2.24. The molecular weight excluding hydrogens is 380 g/mol. The van der Waals surface area contributed by atoms with Crippen LogP contribution < -0.4 is 0 Å². The number of carboxylic acids is 2. The summed E-state index contributed by atoms with van der Waals surface area (Å²) in [5.41, 5.74) is -1.54. The van der Waals surface area contributed by atoms with Gasteiger partial charge < -0.3 is 15.1 Å². The molecule has 1 atom stereocenters. The van der Waals surface area contributed by atoms with E-state index < -0.39 is 23.9 Å². The molecule has 172 valence electrons. The first kappa shape index (κ1) is 26.2. The molecule has 0 amide bonds. The van der Waals surface area contributed by atoms with Crippen molar-refractivity contribution >= 4 is 18.3 Å². The van der Waals surface area contributed by atoms with Gasteiger partial charge in [0.1, 0.15) is 0 Å². The lowest BCUT2D eigenvalue weighted by Gasteiger charge is -2.33. The summed E-state index contributed by atoms with van der Waals surface area (Å²) in [6.45, 7) is 3.19. The number of hydrogen-bond donors (Lipinski definition) is 2. The minimum Gasteiger partial charge on any atom is -0.481 e. The summed E-state index contributed by atoms with van der Waals surface area (Å²) < 4.78 is 0. The number of aliphatic imine (C=N–C) groups is 1. The molecule has 6 nitrogen and oxygen atoms in total. The van der Waals surface area contributed by atoms with Crippen molar-refractivity contribution in [1.82, 2.24) is 4.90 Å². The maximum Gasteiger partial charge on any atom is 0.334 e. The van der Waals surface area contributed by atoms with Crippen LogP contribution in [0, 0.1) is 0 Å². The van der Waals surface area contributed by atoms with Crippen LogP contribution in [0.15, 0.2) is 17.1 Å². The third kappa shape index (κ3) is 10.3. The highest BCUT2D eigenvalue weighted by molar-refractivity contribution is 5.90. The summed E-state index contributed by atoms with van der Waals surface area (Å²) in [4.78, 5) is 28.8. The van der Waals surface area contributed by atoms with Gasteiger partial charge in [-0.3, -0.25) is 9.79 Å². The molecule has 1 aliphatic rings. The lowest BCUT2D eigenvalue weighted by atomic mass is 9.92. The second-order valence-electron chi connectivity index (χ2n) is 8.45. The summed E-state index contributed by atoms with van der Waals surface area (Å²) in [5.74, 6) is -2.26. The maximum atomic E-state index is 11.9. The Hall–Kier alpha value is -1.85. The Labute approximate surface area is 182 Å². The van der Waals surface area contributed by atoms with Crippen molar-refractivity contribution in [1.29, 1.82) is 0 Å². The zero-order valence-electron chi connectivity index (χ0n) is 18.9. The number of aliphatic carboxylic acids is 2. The van der Waals surface area contributed by atoms with Crippen LogP contribution >= 0.6 is 0 Å². The minimum atomic E-state index is -1.54. The Kier molecular flexibility index (Phi) is 13.9. The predicted octanol–water partition coefficient (Wildman–Crippen LogP) is 5.67. The molecule has 1 unspecified atom stereocenters. The van der Waals surface area contributed by atoms with Crippen molar-refractivity contribution in [3.63, 3.8) is 0 Å². The number of rotatable bonds is 19. The van der Waals surface area contributed by atoms with Gasteiger partial charge in [-0.2, -0.15) is 0 Å². The van der Waals surface area contributed by atoms with Crippen molar-refractivity contribution in [3.05, 3.63) is 12.2 Å². The number of unbranched alkanes of at least 4 members (excludes halogenated alkanes) is 13. The topological polar surface area (TPSA) is 90.2 Å². The second kappa shape index (κ2) is 15.9. The molecule has 0 radical (unpaired) electrons. The van der Waals surface area contributed by atoms with E-state index in [4.69, 9.17) is 0 Å². The molecule has 1 rings (SSSR count). The summed E-state index contributed by atoms with van der Waals surface area (Å²) in [7, 11) is 0. The average Bonchev–Trinajstić information content (AvgIpc) is 3.24. The zero-order valence-corrected chi connectivity index (χ0v) is 18.9. The van der Waals surface area contributed by atoms with Gasteiger partial charge in [0.2, 0.25) is 0 Å². The number of hydrogen-bond acceptors (Lipinski definition) is 4. The molecule has 0 bridgehead atoms. The van der Waals surface area contributed by atoms with Gasteiger partial charge in [-0.15, -0.1) is 0 Å². The van der Waals surface area contributed by atoms with E-state index in [0.29, 0.717) is 13.1 Å². The Balaban J connectivity index is 2.18. The summed E-state index contributed by atoms with van der Waals surface area (Å²) >= 11 is 0. The molecule has 0 aromatic heterocycles. The number of carbonyl (C=O) groups is 2. The fourth-order valence-electron chi connectivity index (χ4n) is 4.00. The summed E-state index contributed by atoms with van der Waals surface area (Å²) in [6.07, 6.45) is 22.0. The van der Waals surface area contributed by atoms with E-state index in [0.717, 1.165) is 19.3 Å². The van der Waals surface area contributed by atoms with Gasteiger partial charge in [0, 0.05) is 6.54 Å². The van der Waals surface area contributed by atoms with Crippen LogP contribution in [-0.2, 0) is 9.59 Å². The zero-order chi connectivity index (χ0) is 22.1. The van der Waals surface area contributed by atoms with Gasteiger partial charge in [-0.1, -0.05) is 96.1 Å². The van der Waals surface area contributed by atoms with E-state index in [1.54, 1.807) is 6.08 Å². The fraction of sp³-hybridized carbons (Fsp3) is 0.792. The summed E-state index contributed by atoms with van der Waals surface area (Å²) in [5, 5.41) is 18.9. The predicted molar refractivity (Wildman–Crippen MR) is 122 cm³/mol. The molecule has 0 aromatic carbocycles. The first-order chi connectivity index (χ1) is 14.5. The molecule has 0 saturated carbocycles. The van der Waals surface area contributed by atoms with Gasteiger partial charge >= 0.3 is 11.9 Å². The normalized spacial score (nSPS) is 15.7. The fourth-order valence-corrected chi connectivity index (χ4v) is 4.00. The number of allylic oxidation sites excluding steroid dienone is 1. The molecule has 0 aromatic rings. The molecule has 0 aliphatic carbocycles. The van der Waals surface area contributed by atoms with Crippen molar-refractivity contribution in [3.8, 4) is 0 Å². The Morgan fingerprint density at radius 2 is 1.47 bits per heavy atom. The molecule has 6 heteroatoms. The molecule has 0 fully saturated rings. The van der Waals surface area contributed by atoms with Gasteiger partial charge in [0.25, 0.3) is 0 Å². The molecule has 2 N–H and O–H groups in total. The maximum absolute atomic E-state index is 11.9. The Bertz CT molecular complexity index is 547. The second-order valence-corrected chi connectivity index (χ2v) is 8.45. The smallest absolute Gasteiger partial charge is 0.334 e. The van der Waals surface area contributed by atoms with E-state index in [-0.39, 0.29) is 0 Å². The molecule has 0 saturated heterocycles. The highest BCUT2D eigenvalue weighted by atomic mass is 16.4. The van der Waals surface area contributed by atoms with Gasteiger partial charge in [-0.05, 0) is 12.8 Å². The van der Waals surface area contributed by atoms with Crippen LogP contribution in [-0.4, -0.2) is 52.0 Å². The van der Waals surface area contributed by atoms with Crippen LogP contribution in [0.3, 0.4) is 0 Å². The largest absolute Gasteiger partial charge is 0.481 e. The Morgan fingerprint density at radius 1 is 0.933 bits per heavy atom. The number of carboxylic acid groups (broad SMARTS) is 2. The summed E-state index contributed by atoms with van der Waals surface area (Å²) in [6, 6.07) is 0. The van der Waals surface area contributed by atoms with Crippen molar-refractivity contribution < 1.29 is 19.8 Å². The van der Waals surface area contributed by atoms with Crippen LogP contribution in [0.5, 0.6) is 0 Å². The van der Waals surface area contributed by atoms with Crippen LogP contribution in [0.1, 0.15) is 103 Å². The van der Waals surface area contributed by atoms with Crippen molar-refractivity contribution in [2.45, 2.75) is 109 Å². The van der Waals surface area contributed by atoms with Gasteiger partial charge in [-0.25, -0.2) is 4.79 Å². The van der Waals surface area contributed by atoms with E-state index >= 15 is 0 Å². The lowest BCUT2D eigenvalue weighted by molar-refractivity contribution is -0.152. The van der Waals surface area contributed by atoms with Crippen LogP contribution in [0.25, 0.3) is 0 Å². The molecule has 1 aliphatic heterocycles. The minimum absolute atomic E-state index is 0.433. The third-order valence-electron chi connectivity index (χ3n) is 5.86. The van der Waals surface area contributed by atoms with Crippen molar-refractivity contribution in [2.24, 2.45) is 4.99 Å². The highest BCUT2D eigenvalue weighted by Gasteiger charge is 2.44. The SMILES string of the molecule is CCCCCCCCCCCCCCCC=CC(CC(=O)O)(C(=O)O)N1C=NCC1. The first-order valence-corrected chi connectivity index (χ1v) is 11.9. The van der Waals surface area contributed by atoms with Crippen molar-refractivity contribution in [2.75, 3.05) is 13.1 Å². The first-order valence-electron chi connectivity index (χ1n) is 11.9. The van der Waals surface area contributed by atoms with E-state index in [9.17, 15) is 19.8 Å². The van der Waals surface area contributed by atoms with E-state index in [2.05, 4.69) is 11.9 Å².